The number of carbonyl (C=O) groups is 1. The summed E-state index contributed by atoms with van der Waals surface area (Å²) in [4.78, 5) is 14.1. The summed E-state index contributed by atoms with van der Waals surface area (Å²) in [5.74, 6) is -0.345. The lowest BCUT2D eigenvalue weighted by atomic mass is 10.2. The molecule has 0 bridgehead atoms. The molecule has 1 heterocycles. The quantitative estimate of drug-likeness (QED) is 0.882. The predicted octanol–water partition coefficient (Wildman–Crippen LogP) is 4.23. The Morgan fingerprint density at radius 3 is 2.70 bits per heavy atom. The van der Waals surface area contributed by atoms with Crippen molar-refractivity contribution in [2.45, 2.75) is 25.7 Å². The smallest absolute Gasteiger partial charge is 0.325 e. The van der Waals surface area contributed by atoms with E-state index >= 15 is 0 Å². The molecule has 1 amide bonds. The van der Waals surface area contributed by atoms with Crippen LogP contribution < -0.4 is 5.32 Å². The molecule has 0 saturated carbocycles. The number of thiophene rings is 1. The monoisotopic (exact) mass is 342 g/mol. The van der Waals surface area contributed by atoms with Gasteiger partial charge < -0.3 is 5.32 Å². The Morgan fingerprint density at radius 1 is 1.35 bits per heavy atom. The van der Waals surface area contributed by atoms with E-state index < -0.39 is 17.8 Å². The van der Waals surface area contributed by atoms with E-state index in [1.165, 1.54) is 12.1 Å². The zero-order valence-corrected chi connectivity index (χ0v) is 13.5. The van der Waals surface area contributed by atoms with Gasteiger partial charge in [-0.15, -0.1) is 0 Å². The van der Waals surface area contributed by atoms with Gasteiger partial charge >= 0.3 is 6.18 Å². The van der Waals surface area contributed by atoms with E-state index in [0.717, 1.165) is 17.7 Å². The summed E-state index contributed by atoms with van der Waals surface area (Å²) in [5.41, 5.74) is 0.450. The van der Waals surface area contributed by atoms with E-state index in [2.05, 4.69) is 5.32 Å². The fourth-order valence-electron chi connectivity index (χ4n) is 2.03. The van der Waals surface area contributed by atoms with Gasteiger partial charge in [-0.05, 0) is 54.6 Å². The maximum absolute atomic E-state index is 12.7. The number of hydrogen-bond donors (Lipinski definition) is 1. The lowest BCUT2D eigenvalue weighted by Crippen LogP contribution is -2.39. The molecule has 0 aliphatic carbocycles. The van der Waals surface area contributed by atoms with Gasteiger partial charge in [-0.25, -0.2) is 0 Å². The molecule has 0 saturated heterocycles. The Morgan fingerprint density at radius 2 is 2.09 bits per heavy atom. The van der Waals surface area contributed by atoms with E-state index in [-0.39, 0.29) is 11.6 Å². The second-order valence-electron chi connectivity index (χ2n) is 5.29. The summed E-state index contributed by atoms with van der Waals surface area (Å²) >= 11 is 1.57. The van der Waals surface area contributed by atoms with Crippen molar-refractivity contribution in [3.05, 3.63) is 52.2 Å². The normalized spacial score (nSPS) is 13.1. The molecule has 7 heteroatoms. The number of nitrogens with one attached hydrogen (secondary N) is 1. The van der Waals surface area contributed by atoms with Crippen molar-refractivity contribution in [1.82, 2.24) is 4.90 Å². The van der Waals surface area contributed by atoms with Crippen LogP contribution in [0, 0.1) is 0 Å². The number of rotatable bonds is 5. The molecule has 3 nitrogen and oxygen atoms in total. The van der Waals surface area contributed by atoms with Crippen molar-refractivity contribution in [3.8, 4) is 0 Å². The standard InChI is InChI=1S/C16H17F3N2OS/c1-11(21(2)9-12-6-7-23-10-12)15(22)20-14-5-3-4-13(8-14)16(17,18)19/h3-8,10-11H,9H2,1-2H3,(H,20,22)/t11-/m1/s1. The molecule has 0 aliphatic heterocycles. The SMILES string of the molecule is C[C@H](C(=O)Nc1cccc(C(F)(F)F)c1)N(C)Cc1ccsc1. The molecule has 23 heavy (non-hydrogen) atoms. The van der Waals surface area contributed by atoms with Crippen LogP contribution in [0.1, 0.15) is 18.1 Å². The van der Waals surface area contributed by atoms with Crippen LogP contribution in [-0.4, -0.2) is 23.9 Å². The van der Waals surface area contributed by atoms with Gasteiger partial charge in [-0.2, -0.15) is 24.5 Å². The van der Waals surface area contributed by atoms with Gasteiger partial charge in [-0.3, -0.25) is 9.69 Å². The summed E-state index contributed by atoms with van der Waals surface area (Å²) < 4.78 is 38.1. The summed E-state index contributed by atoms with van der Waals surface area (Å²) in [7, 11) is 1.80. The van der Waals surface area contributed by atoms with Gasteiger partial charge in [0, 0.05) is 12.2 Å². The van der Waals surface area contributed by atoms with E-state index in [4.69, 9.17) is 0 Å². The topological polar surface area (TPSA) is 32.3 Å². The minimum absolute atomic E-state index is 0.139. The van der Waals surface area contributed by atoms with Crippen molar-refractivity contribution in [1.29, 1.82) is 0 Å². The summed E-state index contributed by atoms with van der Waals surface area (Å²) in [5, 5.41) is 6.49. The lowest BCUT2D eigenvalue weighted by molar-refractivity contribution is -0.137. The van der Waals surface area contributed by atoms with Crippen LogP contribution in [-0.2, 0) is 17.5 Å². The number of anilines is 1. The van der Waals surface area contributed by atoms with Crippen LogP contribution in [0.2, 0.25) is 0 Å². The van der Waals surface area contributed by atoms with Crippen LogP contribution in [0.3, 0.4) is 0 Å². The molecule has 2 aromatic rings. The number of likely N-dealkylation sites (N-methyl/N-ethyl adjacent to an activating group) is 1. The highest BCUT2D eigenvalue weighted by atomic mass is 32.1. The molecule has 0 radical (unpaired) electrons. The third kappa shape index (κ3) is 4.80. The number of nitrogens with zero attached hydrogens (tertiary/aromatic N) is 1. The van der Waals surface area contributed by atoms with Gasteiger partial charge in [0.15, 0.2) is 0 Å². The molecule has 0 spiro atoms. The van der Waals surface area contributed by atoms with Gasteiger partial charge in [0.05, 0.1) is 11.6 Å². The zero-order valence-electron chi connectivity index (χ0n) is 12.7. The molecule has 0 aliphatic rings. The van der Waals surface area contributed by atoms with Crippen molar-refractivity contribution < 1.29 is 18.0 Å². The molecule has 1 aromatic carbocycles. The van der Waals surface area contributed by atoms with Crippen molar-refractivity contribution in [3.63, 3.8) is 0 Å². The van der Waals surface area contributed by atoms with E-state index in [1.54, 1.807) is 25.3 Å². The Kier molecular flexibility index (Phi) is 5.43. The Bertz CT molecular complexity index is 656. The van der Waals surface area contributed by atoms with Crippen LogP contribution in [0.25, 0.3) is 0 Å². The van der Waals surface area contributed by atoms with Crippen LogP contribution in [0.5, 0.6) is 0 Å². The van der Waals surface area contributed by atoms with Crippen molar-refractivity contribution in [2.24, 2.45) is 0 Å². The fraction of sp³-hybridized carbons (Fsp3) is 0.312. The van der Waals surface area contributed by atoms with Gasteiger partial charge in [0.2, 0.25) is 5.91 Å². The Balaban J connectivity index is 2.00. The second-order valence-corrected chi connectivity index (χ2v) is 6.07. The van der Waals surface area contributed by atoms with Gasteiger partial charge in [0.25, 0.3) is 0 Å². The first-order valence-corrected chi connectivity index (χ1v) is 7.91. The first-order valence-electron chi connectivity index (χ1n) is 6.97. The molecule has 124 valence electrons. The average Bonchev–Trinajstić information content (AvgIpc) is 2.98. The Labute approximate surface area is 136 Å². The molecule has 0 unspecified atom stereocenters. The predicted molar refractivity (Wildman–Crippen MR) is 85.3 cm³/mol. The third-order valence-corrected chi connectivity index (χ3v) is 4.24. The molecule has 0 fully saturated rings. The number of benzene rings is 1. The number of halogens is 3. The van der Waals surface area contributed by atoms with Crippen molar-refractivity contribution in [2.75, 3.05) is 12.4 Å². The van der Waals surface area contributed by atoms with Crippen LogP contribution >= 0.6 is 11.3 Å². The first-order chi connectivity index (χ1) is 10.8. The minimum atomic E-state index is -4.43. The Hall–Kier alpha value is -1.86. The lowest BCUT2D eigenvalue weighted by Gasteiger charge is -2.23. The molecular formula is C16H17F3N2OS. The third-order valence-electron chi connectivity index (χ3n) is 3.51. The maximum Gasteiger partial charge on any atom is 0.416 e. The molecule has 1 N–H and O–H groups in total. The van der Waals surface area contributed by atoms with E-state index in [1.807, 2.05) is 21.7 Å². The first kappa shape index (κ1) is 17.5. The average molecular weight is 342 g/mol. The summed E-state index contributed by atoms with van der Waals surface area (Å²) in [6, 6.07) is 6.13. The largest absolute Gasteiger partial charge is 0.416 e. The summed E-state index contributed by atoms with van der Waals surface area (Å²) in [6.07, 6.45) is -4.43. The minimum Gasteiger partial charge on any atom is -0.325 e. The number of carbonyl (C=O) groups excluding carboxylic acids is 1. The molecule has 2 rings (SSSR count). The van der Waals surface area contributed by atoms with Crippen LogP contribution in [0.15, 0.2) is 41.1 Å². The fourth-order valence-corrected chi connectivity index (χ4v) is 2.69. The number of hydrogen-bond acceptors (Lipinski definition) is 3. The highest BCUT2D eigenvalue weighted by Crippen LogP contribution is 2.30. The maximum atomic E-state index is 12.7. The van der Waals surface area contributed by atoms with E-state index in [9.17, 15) is 18.0 Å². The summed E-state index contributed by atoms with van der Waals surface area (Å²) in [6.45, 7) is 2.32. The van der Waals surface area contributed by atoms with Gasteiger partial charge in [-0.1, -0.05) is 6.07 Å². The van der Waals surface area contributed by atoms with E-state index in [0.29, 0.717) is 6.54 Å². The highest BCUT2D eigenvalue weighted by Gasteiger charge is 2.30. The van der Waals surface area contributed by atoms with Crippen molar-refractivity contribution >= 4 is 22.9 Å². The van der Waals surface area contributed by atoms with Crippen LogP contribution in [0.4, 0.5) is 18.9 Å². The molecular weight excluding hydrogens is 325 g/mol. The second kappa shape index (κ2) is 7.14. The molecule has 1 aromatic heterocycles. The molecule has 1 atom stereocenters. The zero-order chi connectivity index (χ0) is 17.0. The number of amides is 1. The number of alkyl halides is 3. The van der Waals surface area contributed by atoms with Gasteiger partial charge in [0.1, 0.15) is 0 Å². The highest BCUT2D eigenvalue weighted by molar-refractivity contribution is 7.07.